The molecule has 2 atom stereocenters. The molecule has 19 heavy (non-hydrogen) atoms. The number of carbonyl (C=O) groups excluding carboxylic acids is 1. The Bertz CT molecular complexity index is 435. The summed E-state index contributed by atoms with van der Waals surface area (Å²) < 4.78 is 0. The molecule has 104 valence electrons. The number of nitrogens with zero attached hydrogens (tertiary/aromatic N) is 1. The molecule has 1 aliphatic heterocycles. The minimum Gasteiger partial charge on any atom is -0.295 e. The van der Waals surface area contributed by atoms with Gasteiger partial charge in [-0.25, -0.2) is 5.84 Å². The summed E-state index contributed by atoms with van der Waals surface area (Å²) >= 11 is 2.04. The molecular weight excluding hydrogens is 258 g/mol. The van der Waals surface area contributed by atoms with Crippen molar-refractivity contribution in [2.24, 2.45) is 5.84 Å². The predicted octanol–water partition coefficient (Wildman–Crippen LogP) is 1.62. The van der Waals surface area contributed by atoms with Gasteiger partial charge in [0.15, 0.2) is 0 Å². The molecule has 2 unspecified atom stereocenters. The number of benzene rings is 1. The second-order valence-corrected chi connectivity index (χ2v) is 6.44. The van der Waals surface area contributed by atoms with E-state index in [1.165, 1.54) is 11.3 Å². The maximum absolute atomic E-state index is 11.4. The Labute approximate surface area is 118 Å². The van der Waals surface area contributed by atoms with Crippen molar-refractivity contribution >= 4 is 17.7 Å². The van der Waals surface area contributed by atoms with Gasteiger partial charge >= 0.3 is 0 Å². The van der Waals surface area contributed by atoms with Crippen LogP contribution in [0.15, 0.2) is 24.3 Å². The Kier molecular flexibility index (Phi) is 4.85. The van der Waals surface area contributed by atoms with Crippen LogP contribution in [0, 0.1) is 0 Å². The number of rotatable bonds is 3. The number of hydrogen-bond acceptors (Lipinski definition) is 4. The summed E-state index contributed by atoms with van der Waals surface area (Å²) in [5.74, 6) is 6.06. The van der Waals surface area contributed by atoms with Crippen molar-refractivity contribution in [2.75, 3.05) is 12.3 Å². The number of amides is 1. The van der Waals surface area contributed by atoms with Crippen molar-refractivity contribution in [3.8, 4) is 0 Å². The van der Waals surface area contributed by atoms with Crippen LogP contribution in [0.2, 0.25) is 0 Å². The monoisotopic (exact) mass is 279 g/mol. The van der Waals surface area contributed by atoms with Crippen LogP contribution < -0.4 is 11.3 Å². The summed E-state index contributed by atoms with van der Waals surface area (Å²) in [6.45, 7) is 6.64. The number of hydrogen-bond donors (Lipinski definition) is 2. The van der Waals surface area contributed by atoms with E-state index in [2.05, 4.69) is 24.2 Å². The third-order valence-corrected chi connectivity index (χ3v) is 5.09. The second-order valence-electron chi connectivity index (χ2n) is 4.96. The van der Waals surface area contributed by atoms with Gasteiger partial charge in [-0.1, -0.05) is 19.1 Å². The Balaban J connectivity index is 2.01. The molecule has 3 N–H and O–H groups in total. The smallest absolute Gasteiger partial charge is 0.265 e. The predicted molar refractivity (Wildman–Crippen MR) is 79.9 cm³/mol. The lowest BCUT2D eigenvalue weighted by atomic mass is 10.1. The van der Waals surface area contributed by atoms with Crippen molar-refractivity contribution in [2.45, 2.75) is 31.7 Å². The van der Waals surface area contributed by atoms with Gasteiger partial charge in [0.2, 0.25) is 0 Å². The molecule has 0 spiro atoms. The molecule has 0 aliphatic carbocycles. The minimum absolute atomic E-state index is 0.247. The van der Waals surface area contributed by atoms with Crippen LogP contribution in [0.4, 0.5) is 0 Å². The molecule has 1 aromatic carbocycles. The summed E-state index contributed by atoms with van der Waals surface area (Å²) in [4.78, 5) is 13.9. The van der Waals surface area contributed by atoms with Crippen molar-refractivity contribution in [1.82, 2.24) is 10.3 Å². The Morgan fingerprint density at radius 2 is 2.11 bits per heavy atom. The number of nitrogen functional groups attached to an aromatic ring is 1. The number of nitrogens with two attached hydrogens (primary N) is 1. The highest BCUT2D eigenvalue weighted by Crippen LogP contribution is 2.25. The number of hydrazine groups is 1. The van der Waals surface area contributed by atoms with E-state index in [9.17, 15) is 4.79 Å². The third-order valence-electron chi connectivity index (χ3n) is 3.75. The van der Waals surface area contributed by atoms with Crippen LogP contribution in [0.1, 0.15) is 29.8 Å². The molecule has 1 saturated heterocycles. The van der Waals surface area contributed by atoms with E-state index in [1.807, 2.05) is 36.0 Å². The van der Waals surface area contributed by atoms with Gasteiger partial charge in [-0.15, -0.1) is 0 Å². The summed E-state index contributed by atoms with van der Waals surface area (Å²) in [5.41, 5.74) is 3.98. The molecule has 4 nitrogen and oxygen atoms in total. The highest BCUT2D eigenvalue weighted by atomic mass is 32.2. The fourth-order valence-corrected chi connectivity index (χ4v) is 3.46. The minimum atomic E-state index is -0.247. The van der Waals surface area contributed by atoms with E-state index in [4.69, 9.17) is 5.84 Å². The fraction of sp³-hybridized carbons (Fsp3) is 0.500. The number of thioether (sulfide) groups is 1. The van der Waals surface area contributed by atoms with Crippen LogP contribution >= 0.6 is 11.8 Å². The van der Waals surface area contributed by atoms with Crippen molar-refractivity contribution in [3.63, 3.8) is 0 Å². The summed E-state index contributed by atoms with van der Waals surface area (Å²) in [7, 11) is 0. The number of carbonyl (C=O) groups is 1. The van der Waals surface area contributed by atoms with Crippen molar-refractivity contribution in [3.05, 3.63) is 35.4 Å². The van der Waals surface area contributed by atoms with Crippen LogP contribution in [0.25, 0.3) is 0 Å². The second kappa shape index (κ2) is 6.41. The summed E-state index contributed by atoms with van der Waals surface area (Å²) in [6, 6.07) is 8.24. The topological polar surface area (TPSA) is 58.4 Å². The first-order chi connectivity index (χ1) is 9.11. The highest BCUT2D eigenvalue weighted by molar-refractivity contribution is 8.00. The molecule has 2 rings (SSSR count). The van der Waals surface area contributed by atoms with Gasteiger partial charge in [-0.05, 0) is 24.6 Å². The summed E-state index contributed by atoms with van der Waals surface area (Å²) in [6.07, 6.45) is 0. The molecule has 0 aromatic heterocycles. The molecule has 1 aliphatic rings. The number of nitrogens with one attached hydrogen (secondary N) is 1. The Hall–Kier alpha value is -1.04. The van der Waals surface area contributed by atoms with Crippen molar-refractivity contribution < 1.29 is 4.79 Å². The van der Waals surface area contributed by atoms with Gasteiger partial charge in [0.05, 0.1) is 0 Å². The highest BCUT2D eigenvalue weighted by Gasteiger charge is 2.24. The van der Waals surface area contributed by atoms with E-state index in [-0.39, 0.29) is 5.91 Å². The average molecular weight is 279 g/mol. The Morgan fingerprint density at radius 3 is 2.74 bits per heavy atom. The van der Waals surface area contributed by atoms with E-state index in [0.29, 0.717) is 16.9 Å². The quantitative estimate of drug-likeness (QED) is 0.501. The van der Waals surface area contributed by atoms with Gasteiger partial charge in [0.1, 0.15) is 0 Å². The lowest BCUT2D eigenvalue weighted by Crippen LogP contribution is -2.43. The maximum Gasteiger partial charge on any atom is 0.265 e. The molecule has 0 bridgehead atoms. The van der Waals surface area contributed by atoms with Crippen LogP contribution in [-0.4, -0.2) is 34.4 Å². The first kappa shape index (κ1) is 14.4. The largest absolute Gasteiger partial charge is 0.295 e. The zero-order valence-corrected chi connectivity index (χ0v) is 12.2. The zero-order chi connectivity index (χ0) is 13.8. The van der Waals surface area contributed by atoms with Crippen LogP contribution in [0.5, 0.6) is 0 Å². The molecule has 1 amide bonds. The van der Waals surface area contributed by atoms with Gasteiger partial charge in [-0.3, -0.25) is 15.1 Å². The van der Waals surface area contributed by atoms with Gasteiger partial charge in [0, 0.05) is 35.7 Å². The van der Waals surface area contributed by atoms with Crippen LogP contribution in [0.3, 0.4) is 0 Å². The van der Waals surface area contributed by atoms with Gasteiger partial charge < -0.3 is 0 Å². The Morgan fingerprint density at radius 1 is 1.42 bits per heavy atom. The molecule has 0 saturated carbocycles. The van der Waals surface area contributed by atoms with E-state index in [1.54, 1.807) is 0 Å². The lowest BCUT2D eigenvalue weighted by molar-refractivity contribution is 0.0953. The zero-order valence-electron chi connectivity index (χ0n) is 11.4. The first-order valence-electron chi connectivity index (χ1n) is 6.57. The maximum atomic E-state index is 11.4. The molecule has 1 heterocycles. The molecule has 1 aromatic rings. The molecule has 5 heteroatoms. The van der Waals surface area contributed by atoms with E-state index >= 15 is 0 Å². The molecule has 0 radical (unpaired) electrons. The van der Waals surface area contributed by atoms with Gasteiger partial charge in [0.25, 0.3) is 5.91 Å². The van der Waals surface area contributed by atoms with E-state index < -0.39 is 0 Å². The molecule has 1 fully saturated rings. The SMILES string of the molecule is CC1SCCN(Cc2ccc(C(=O)NN)cc2)C1C. The standard InChI is InChI=1S/C14H21N3OS/c1-10-11(2)19-8-7-17(10)9-12-3-5-13(6-4-12)14(18)16-15/h3-6,10-11H,7-9,15H2,1-2H3,(H,16,18). The molecular formula is C14H21N3OS. The van der Waals surface area contributed by atoms with Gasteiger partial charge in [-0.2, -0.15) is 11.8 Å². The van der Waals surface area contributed by atoms with E-state index in [0.717, 1.165) is 13.1 Å². The normalized spacial score (nSPS) is 24.2. The first-order valence-corrected chi connectivity index (χ1v) is 7.62. The fourth-order valence-electron chi connectivity index (χ4n) is 2.30. The van der Waals surface area contributed by atoms with Crippen LogP contribution in [-0.2, 0) is 6.54 Å². The van der Waals surface area contributed by atoms with Crippen molar-refractivity contribution in [1.29, 1.82) is 0 Å². The average Bonchev–Trinajstić information content (AvgIpc) is 2.44. The lowest BCUT2D eigenvalue weighted by Gasteiger charge is -2.37. The summed E-state index contributed by atoms with van der Waals surface area (Å²) in [5, 5.41) is 0.677. The third kappa shape index (κ3) is 3.49.